The molecule has 7 nitrogen and oxygen atoms in total. The van der Waals surface area contributed by atoms with Gasteiger partial charge in [0.1, 0.15) is 5.75 Å². The Morgan fingerprint density at radius 2 is 1.81 bits per heavy atom. The van der Waals surface area contributed by atoms with Crippen LogP contribution in [0.4, 0.5) is 11.4 Å². The molecule has 2 rings (SSSR count). The van der Waals surface area contributed by atoms with Gasteiger partial charge in [-0.3, -0.25) is 4.79 Å². The van der Waals surface area contributed by atoms with Gasteiger partial charge in [0.25, 0.3) is 0 Å². The van der Waals surface area contributed by atoms with Gasteiger partial charge in [-0.15, -0.1) is 0 Å². The van der Waals surface area contributed by atoms with Crippen LogP contribution in [0.25, 0.3) is 0 Å². The Kier molecular flexibility index (Phi) is 6.63. The minimum atomic E-state index is -3.61. The quantitative estimate of drug-likeness (QED) is 0.689. The number of nitrogens with one attached hydrogen (secondary N) is 2. The summed E-state index contributed by atoms with van der Waals surface area (Å²) in [6.07, 6.45) is 0. The summed E-state index contributed by atoms with van der Waals surface area (Å²) >= 11 is 3.34. The highest BCUT2D eigenvalue weighted by atomic mass is 79.9. The van der Waals surface area contributed by atoms with Crippen LogP contribution >= 0.6 is 15.9 Å². The number of benzene rings is 2. The topological polar surface area (TPSA) is 87.7 Å². The third-order valence-electron chi connectivity index (χ3n) is 3.52. The lowest BCUT2D eigenvalue weighted by molar-refractivity contribution is -0.114. The minimum absolute atomic E-state index is 0.0233. The van der Waals surface area contributed by atoms with Crippen molar-refractivity contribution in [1.82, 2.24) is 4.31 Å². The molecule has 0 aromatic heterocycles. The normalized spacial score (nSPS) is 11.3. The van der Waals surface area contributed by atoms with Gasteiger partial charge < -0.3 is 15.4 Å². The molecule has 9 heteroatoms. The molecule has 0 unspecified atom stereocenters. The first-order valence-electron chi connectivity index (χ1n) is 7.64. The van der Waals surface area contributed by atoms with E-state index in [1.807, 2.05) is 24.3 Å². The summed E-state index contributed by atoms with van der Waals surface area (Å²) in [5.74, 6) is 0.0466. The number of halogens is 1. The Morgan fingerprint density at radius 1 is 1.15 bits per heavy atom. The van der Waals surface area contributed by atoms with Crippen molar-refractivity contribution in [3.05, 3.63) is 46.9 Å². The van der Waals surface area contributed by atoms with Gasteiger partial charge >= 0.3 is 0 Å². The van der Waals surface area contributed by atoms with Gasteiger partial charge in [-0.05, 0) is 42.5 Å². The van der Waals surface area contributed by atoms with E-state index in [1.165, 1.54) is 39.4 Å². The minimum Gasteiger partial charge on any atom is -0.495 e. The third kappa shape index (κ3) is 4.96. The molecule has 140 valence electrons. The first-order chi connectivity index (χ1) is 12.2. The van der Waals surface area contributed by atoms with Crippen LogP contribution in [0.3, 0.4) is 0 Å². The van der Waals surface area contributed by atoms with Crippen LogP contribution in [0, 0.1) is 0 Å². The van der Waals surface area contributed by atoms with E-state index in [1.54, 1.807) is 0 Å². The largest absolute Gasteiger partial charge is 0.495 e. The molecule has 0 saturated heterocycles. The summed E-state index contributed by atoms with van der Waals surface area (Å²) in [5.41, 5.74) is 1.08. The molecule has 0 atom stereocenters. The maximum atomic E-state index is 12.3. The van der Waals surface area contributed by atoms with Gasteiger partial charge in [-0.2, -0.15) is 0 Å². The zero-order chi connectivity index (χ0) is 19.3. The number of ether oxygens (including phenoxy) is 1. The Bertz CT molecular complexity index is 883. The zero-order valence-corrected chi connectivity index (χ0v) is 17.0. The molecule has 0 saturated carbocycles. The number of rotatable bonds is 7. The predicted molar refractivity (Wildman–Crippen MR) is 105 cm³/mol. The Balaban J connectivity index is 2.13. The molecule has 0 heterocycles. The SMILES string of the molecule is COc1ccc(S(=O)(=O)N(C)C)cc1NC(=O)CNc1ccc(Br)cc1. The smallest absolute Gasteiger partial charge is 0.243 e. The fraction of sp³-hybridized carbons (Fsp3) is 0.235. The van der Waals surface area contributed by atoms with Crippen molar-refractivity contribution in [1.29, 1.82) is 0 Å². The Hall–Kier alpha value is -2.10. The summed E-state index contributed by atoms with van der Waals surface area (Å²) in [4.78, 5) is 12.3. The number of amides is 1. The van der Waals surface area contributed by atoms with E-state index in [2.05, 4.69) is 26.6 Å². The number of methoxy groups -OCH3 is 1. The highest BCUT2D eigenvalue weighted by Crippen LogP contribution is 2.28. The molecule has 2 N–H and O–H groups in total. The fourth-order valence-corrected chi connectivity index (χ4v) is 3.29. The lowest BCUT2D eigenvalue weighted by Crippen LogP contribution is -2.24. The number of carbonyl (C=O) groups excluding carboxylic acids is 1. The molecule has 0 aliphatic carbocycles. The van der Waals surface area contributed by atoms with Crippen LogP contribution in [0.1, 0.15) is 0 Å². The van der Waals surface area contributed by atoms with Crippen molar-refractivity contribution in [3.8, 4) is 5.75 Å². The van der Waals surface area contributed by atoms with Crippen molar-refractivity contribution < 1.29 is 17.9 Å². The predicted octanol–water partition coefficient (Wildman–Crippen LogP) is 2.76. The Morgan fingerprint density at radius 3 is 2.38 bits per heavy atom. The molecule has 0 aliphatic rings. The summed E-state index contributed by atoms with van der Waals surface area (Å²) in [6.45, 7) is 0.0233. The second kappa shape index (κ2) is 8.52. The van der Waals surface area contributed by atoms with Crippen LogP contribution in [-0.2, 0) is 14.8 Å². The maximum Gasteiger partial charge on any atom is 0.243 e. The van der Waals surface area contributed by atoms with Gasteiger partial charge in [-0.1, -0.05) is 15.9 Å². The monoisotopic (exact) mass is 441 g/mol. The van der Waals surface area contributed by atoms with Crippen LogP contribution in [0.2, 0.25) is 0 Å². The maximum absolute atomic E-state index is 12.3. The first-order valence-corrected chi connectivity index (χ1v) is 9.87. The van der Waals surface area contributed by atoms with Crippen molar-refractivity contribution in [2.45, 2.75) is 4.90 Å². The fourth-order valence-electron chi connectivity index (χ4n) is 2.10. The number of nitrogens with zero attached hydrogens (tertiary/aromatic N) is 1. The van der Waals surface area contributed by atoms with Gasteiger partial charge in [0.15, 0.2) is 0 Å². The van der Waals surface area contributed by atoms with Gasteiger partial charge in [0.05, 0.1) is 24.2 Å². The summed E-state index contributed by atoms with van der Waals surface area (Å²) in [5, 5.41) is 5.67. The summed E-state index contributed by atoms with van der Waals surface area (Å²) in [7, 11) is 0.725. The van der Waals surface area contributed by atoms with E-state index >= 15 is 0 Å². The molecular formula is C17H20BrN3O4S. The molecule has 0 bridgehead atoms. The summed E-state index contributed by atoms with van der Waals surface area (Å²) in [6, 6.07) is 11.7. The number of hydrogen-bond acceptors (Lipinski definition) is 5. The van der Waals surface area contributed by atoms with E-state index in [9.17, 15) is 13.2 Å². The van der Waals surface area contributed by atoms with E-state index < -0.39 is 10.0 Å². The van der Waals surface area contributed by atoms with Crippen molar-refractivity contribution in [2.24, 2.45) is 0 Å². The van der Waals surface area contributed by atoms with Crippen LogP contribution < -0.4 is 15.4 Å². The van der Waals surface area contributed by atoms with E-state index in [0.29, 0.717) is 5.75 Å². The van der Waals surface area contributed by atoms with Crippen LogP contribution in [0.5, 0.6) is 5.75 Å². The van der Waals surface area contributed by atoms with Crippen LogP contribution in [0.15, 0.2) is 51.8 Å². The average Bonchev–Trinajstić information content (AvgIpc) is 2.61. The standard InChI is InChI=1S/C17H20BrN3O4S/c1-21(2)26(23,24)14-8-9-16(25-3)15(10-14)20-17(22)11-19-13-6-4-12(18)5-7-13/h4-10,19H,11H2,1-3H3,(H,20,22). The lowest BCUT2D eigenvalue weighted by atomic mass is 10.3. The molecule has 0 fully saturated rings. The van der Waals surface area contributed by atoms with Crippen molar-refractivity contribution >= 4 is 43.2 Å². The van der Waals surface area contributed by atoms with Gasteiger partial charge in [0, 0.05) is 24.3 Å². The number of anilines is 2. The molecule has 1 amide bonds. The summed E-state index contributed by atoms with van der Waals surface area (Å²) < 4.78 is 31.8. The van der Waals surface area contributed by atoms with E-state index in [-0.39, 0.29) is 23.0 Å². The second-order valence-corrected chi connectivity index (χ2v) is 8.63. The number of carbonyl (C=O) groups is 1. The average molecular weight is 442 g/mol. The third-order valence-corrected chi connectivity index (χ3v) is 5.86. The first kappa shape index (κ1) is 20.2. The van der Waals surface area contributed by atoms with Gasteiger partial charge in [0.2, 0.25) is 15.9 Å². The molecule has 26 heavy (non-hydrogen) atoms. The molecule has 2 aromatic rings. The molecule has 0 aliphatic heterocycles. The molecule has 0 spiro atoms. The molecule has 2 aromatic carbocycles. The second-order valence-electron chi connectivity index (χ2n) is 5.56. The molecule has 0 radical (unpaired) electrons. The van der Waals surface area contributed by atoms with Gasteiger partial charge in [-0.25, -0.2) is 12.7 Å². The number of sulfonamides is 1. The Labute approximate surface area is 161 Å². The zero-order valence-electron chi connectivity index (χ0n) is 14.6. The van der Waals surface area contributed by atoms with E-state index in [0.717, 1.165) is 14.5 Å². The van der Waals surface area contributed by atoms with Crippen LogP contribution in [-0.4, -0.2) is 46.4 Å². The molecular weight excluding hydrogens is 422 g/mol. The van der Waals surface area contributed by atoms with E-state index in [4.69, 9.17) is 4.74 Å². The highest BCUT2D eigenvalue weighted by molar-refractivity contribution is 9.10. The highest BCUT2D eigenvalue weighted by Gasteiger charge is 2.19. The lowest BCUT2D eigenvalue weighted by Gasteiger charge is -2.15. The number of hydrogen-bond donors (Lipinski definition) is 2. The van der Waals surface area contributed by atoms with Crippen molar-refractivity contribution in [2.75, 3.05) is 38.4 Å². The van der Waals surface area contributed by atoms with Crippen molar-refractivity contribution in [3.63, 3.8) is 0 Å².